The smallest absolute Gasteiger partial charge is 0.313 e. The van der Waals surface area contributed by atoms with E-state index in [0.717, 1.165) is 0 Å². The quantitative estimate of drug-likeness (QED) is 0.457. The number of amides is 2. The van der Waals surface area contributed by atoms with Crippen LogP contribution in [0.15, 0.2) is 48.5 Å². The van der Waals surface area contributed by atoms with Gasteiger partial charge in [0.2, 0.25) is 0 Å². The lowest BCUT2D eigenvalue weighted by atomic mass is 9.95. The van der Waals surface area contributed by atoms with Gasteiger partial charge in [-0.2, -0.15) is 0 Å². The minimum absolute atomic E-state index is 0.105. The lowest BCUT2D eigenvalue weighted by Gasteiger charge is -2.29. The minimum atomic E-state index is -1.21. The molecule has 0 aliphatic rings. The van der Waals surface area contributed by atoms with Gasteiger partial charge in [0.05, 0.1) is 11.5 Å². The Morgan fingerprint density at radius 2 is 1.78 bits per heavy atom. The minimum Gasteiger partial charge on any atom is -0.372 e. The molecule has 2 N–H and O–H groups in total. The summed E-state index contributed by atoms with van der Waals surface area (Å²) in [6.07, 6.45) is 0. The normalized spacial score (nSPS) is 12.7. The number of para-hydroxylation sites is 2. The Morgan fingerprint density at radius 1 is 1.15 bits per heavy atom. The van der Waals surface area contributed by atoms with Crippen LogP contribution < -0.4 is 10.6 Å². The number of methoxy groups -OCH3 is 1. The Balaban J connectivity index is 2.07. The van der Waals surface area contributed by atoms with E-state index in [2.05, 4.69) is 10.6 Å². The molecule has 0 saturated heterocycles. The average molecular weight is 375 g/mol. The molecule has 0 spiro atoms. The summed E-state index contributed by atoms with van der Waals surface area (Å²) in [4.78, 5) is 34.4. The third kappa shape index (κ3) is 4.64. The molecule has 2 amide bonds. The standard InChI is InChI=1S/C18H18FN3O5/c1-18(27-2,12-7-3-4-8-13(12)19)11-20-16(23)17(24)21-14-9-5-6-10-15(14)22(25)26/h3-10H,11H2,1-2H3,(H,20,23)(H,21,24). The van der Waals surface area contributed by atoms with E-state index in [1.54, 1.807) is 13.0 Å². The predicted molar refractivity (Wildman–Crippen MR) is 95.5 cm³/mol. The van der Waals surface area contributed by atoms with Gasteiger partial charge in [0.15, 0.2) is 0 Å². The molecule has 9 heteroatoms. The van der Waals surface area contributed by atoms with Crippen molar-refractivity contribution < 1.29 is 23.6 Å². The van der Waals surface area contributed by atoms with E-state index in [9.17, 15) is 24.1 Å². The molecule has 0 fully saturated rings. The van der Waals surface area contributed by atoms with Gasteiger partial charge >= 0.3 is 11.8 Å². The van der Waals surface area contributed by atoms with Crippen molar-refractivity contribution in [3.63, 3.8) is 0 Å². The molecule has 2 rings (SSSR count). The van der Waals surface area contributed by atoms with Crippen molar-refractivity contribution in [2.75, 3.05) is 19.0 Å². The highest BCUT2D eigenvalue weighted by Gasteiger charge is 2.31. The lowest BCUT2D eigenvalue weighted by molar-refractivity contribution is -0.383. The van der Waals surface area contributed by atoms with Crippen LogP contribution in [0.4, 0.5) is 15.8 Å². The van der Waals surface area contributed by atoms with Gasteiger partial charge in [0, 0.05) is 18.7 Å². The molecule has 27 heavy (non-hydrogen) atoms. The summed E-state index contributed by atoms with van der Waals surface area (Å²) >= 11 is 0. The summed E-state index contributed by atoms with van der Waals surface area (Å²) in [6, 6.07) is 11.4. The number of hydrogen-bond donors (Lipinski definition) is 2. The van der Waals surface area contributed by atoms with Crippen LogP contribution in [0, 0.1) is 15.9 Å². The van der Waals surface area contributed by atoms with E-state index in [1.807, 2.05) is 0 Å². The highest BCUT2D eigenvalue weighted by molar-refractivity contribution is 6.39. The van der Waals surface area contributed by atoms with Crippen LogP contribution in [0.3, 0.4) is 0 Å². The SMILES string of the molecule is COC(C)(CNC(=O)C(=O)Nc1ccccc1[N+](=O)[O-])c1ccccc1F. The van der Waals surface area contributed by atoms with Crippen molar-refractivity contribution in [2.24, 2.45) is 0 Å². The molecule has 0 bridgehead atoms. The van der Waals surface area contributed by atoms with Gasteiger partial charge in [-0.1, -0.05) is 30.3 Å². The topological polar surface area (TPSA) is 111 Å². The van der Waals surface area contributed by atoms with Crippen LogP contribution in [0.25, 0.3) is 0 Å². The van der Waals surface area contributed by atoms with Crippen LogP contribution in [0.2, 0.25) is 0 Å². The zero-order valence-electron chi connectivity index (χ0n) is 14.7. The van der Waals surface area contributed by atoms with Crippen molar-refractivity contribution >= 4 is 23.2 Å². The van der Waals surface area contributed by atoms with E-state index < -0.39 is 28.2 Å². The molecule has 0 aromatic heterocycles. The summed E-state index contributed by atoms with van der Waals surface area (Å²) in [5.74, 6) is -2.63. The number of nitro benzene ring substituents is 1. The van der Waals surface area contributed by atoms with Gasteiger partial charge in [-0.25, -0.2) is 4.39 Å². The second-order valence-corrected chi connectivity index (χ2v) is 5.83. The van der Waals surface area contributed by atoms with E-state index in [4.69, 9.17) is 4.74 Å². The molecule has 0 saturated carbocycles. The van der Waals surface area contributed by atoms with Crippen LogP contribution in [-0.4, -0.2) is 30.4 Å². The summed E-state index contributed by atoms with van der Waals surface area (Å²) in [6.45, 7) is 1.37. The molecular formula is C18H18FN3O5. The lowest BCUT2D eigenvalue weighted by Crippen LogP contribution is -2.44. The van der Waals surface area contributed by atoms with Crippen molar-refractivity contribution in [1.29, 1.82) is 0 Å². The number of ether oxygens (including phenoxy) is 1. The fourth-order valence-corrected chi connectivity index (χ4v) is 2.41. The maximum absolute atomic E-state index is 14.0. The fraction of sp³-hybridized carbons (Fsp3) is 0.222. The van der Waals surface area contributed by atoms with Crippen molar-refractivity contribution in [2.45, 2.75) is 12.5 Å². The summed E-state index contributed by atoms with van der Waals surface area (Å²) in [5, 5.41) is 15.5. The first kappa shape index (κ1) is 20.0. The molecule has 0 heterocycles. The number of nitrogens with one attached hydrogen (secondary N) is 2. The first-order valence-electron chi connectivity index (χ1n) is 7.91. The van der Waals surface area contributed by atoms with Crippen LogP contribution in [-0.2, 0) is 19.9 Å². The molecular weight excluding hydrogens is 357 g/mol. The molecule has 1 atom stereocenters. The highest BCUT2D eigenvalue weighted by Crippen LogP contribution is 2.26. The Morgan fingerprint density at radius 3 is 2.41 bits per heavy atom. The Labute approximate surface area is 154 Å². The maximum Gasteiger partial charge on any atom is 0.313 e. The number of nitrogens with zero attached hydrogens (tertiary/aromatic N) is 1. The second-order valence-electron chi connectivity index (χ2n) is 5.83. The highest BCUT2D eigenvalue weighted by atomic mass is 19.1. The number of carbonyl (C=O) groups excluding carboxylic acids is 2. The van der Waals surface area contributed by atoms with Gasteiger partial charge in [-0.3, -0.25) is 19.7 Å². The Kier molecular flexibility index (Phi) is 6.19. The molecule has 1 unspecified atom stereocenters. The largest absolute Gasteiger partial charge is 0.372 e. The summed E-state index contributed by atoms with van der Waals surface area (Å²) in [5.41, 5.74) is -1.44. The van der Waals surface area contributed by atoms with Crippen LogP contribution in [0.1, 0.15) is 12.5 Å². The first-order chi connectivity index (χ1) is 12.8. The zero-order valence-corrected chi connectivity index (χ0v) is 14.7. The van der Waals surface area contributed by atoms with Crippen LogP contribution in [0.5, 0.6) is 0 Å². The number of rotatable bonds is 6. The molecule has 0 radical (unpaired) electrons. The molecule has 0 aliphatic heterocycles. The first-order valence-corrected chi connectivity index (χ1v) is 7.91. The summed E-state index contributed by atoms with van der Waals surface area (Å²) in [7, 11) is 1.35. The summed E-state index contributed by atoms with van der Waals surface area (Å²) < 4.78 is 19.4. The monoisotopic (exact) mass is 375 g/mol. The second kappa shape index (κ2) is 8.37. The van der Waals surface area contributed by atoms with E-state index in [-0.39, 0.29) is 23.5 Å². The molecule has 0 aliphatic carbocycles. The number of carbonyl (C=O) groups is 2. The molecule has 2 aromatic carbocycles. The van der Waals surface area contributed by atoms with Gasteiger partial charge in [-0.05, 0) is 19.1 Å². The Bertz CT molecular complexity index is 874. The van der Waals surface area contributed by atoms with E-state index >= 15 is 0 Å². The van der Waals surface area contributed by atoms with Gasteiger partial charge in [0.1, 0.15) is 17.1 Å². The maximum atomic E-state index is 14.0. The van der Waals surface area contributed by atoms with Crippen molar-refractivity contribution in [3.05, 3.63) is 70.0 Å². The fourth-order valence-electron chi connectivity index (χ4n) is 2.41. The van der Waals surface area contributed by atoms with Crippen molar-refractivity contribution in [3.8, 4) is 0 Å². The molecule has 2 aromatic rings. The third-order valence-corrected chi connectivity index (χ3v) is 4.04. The Hall–Kier alpha value is -3.33. The van der Waals surface area contributed by atoms with Crippen molar-refractivity contribution in [1.82, 2.24) is 5.32 Å². The third-order valence-electron chi connectivity index (χ3n) is 4.04. The van der Waals surface area contributed by atoms with Gasteiger partial charge in [0.25, 0.3) is 5.69 Å². The van der Waals surface area contributed by atoms with E-state index in [1.165, 1.54) is 49.6 Å². The van der Waals surface area contributed by atoms with Crippen LogP contribution >= 0.6 is 0 Å². The van der Waals surface area contributed by atoms with Gasteiger partial charge in [-0.15, -0.1) is 0 Å². The van der Waals surface area contributed by atoms with E-state index in [0.29, 0.717) is 0 Å². The number of anilines is 1. The molecule has 8 nitrogen and oxygen atoms in total. The molecule has 142 valence electrons. The number of hydrogen-bond acceptors (Lipinski definition) is 5. The number of halogens is 1. The average Bonchev–Trinajstić information content (AvgIpc) is 2.66. The zero-order chi connectivity index (χ0) is 20.0. The number of benzene rings is 2. The predicted octanol–water partition coefficient (Wildman–Crippen LogP) is 2.35. The number of nitro groups is 1. The van der Waals surface area contributed by atoms with Gasteiger partial charge < -0.3 is 15.4 Å².